The molecule has 0 amide bonds. The van der Waals surface area contributed by atoms with E-state index in [2.05, 4.69) is 0 Å². The molecule has 0 saturated heterocycles. The average Bonchev–Trinajstić information content (AvgIpc) is 0.736. The summed E-state index contributed by atoms with van der Waals surface area (Å²) >= 11 is 0. The van der Waals surface area contributed by atoms with Gasteiger partial charge in [0.2, 0.25) is 0 Å². The van der Waals surface area contributed by atoms with Gasteiger partial charge in [0.15, 0.2) is 0 Å². The molecule has 0 fully saturated rings. The van der Waals surface area contributed by atoms with Crippen LogP contribution in [0.5, 0.6) is 0 Å². The van der Waals surface area contributed by atoms with Gasteiger partial charge >= 0.3 is 0 Å². The predicted molar refractivity (Wildman–Crippen MR) is 435 cm³/mol. The molecule has 0 N–H and O–H groups in total. The predicted octanol–water partition coefficient (Wildman–Crippen LogP) is 28.7. The molecule has 20 aromatic carbocycles. The summed E-state index contributed by atoms with van der Waals surface area (Å²) in [6, 6.07) is -54.7. The summed E-state index contributed by atoms with van der Waals surface area (Å²) in [7, 11) is 0. The van der Waals surface area contributed by atoms with Gasteiger partial charge in [-0.15, -0.1) is 0 Å². The van der Waals surface area contributed by atoms with Gasteiger partial charge < -0.3 is 8.83 Å². The molecule has 0 aliphatic rings. The molecular weight excluding hydrogens is 1230 g/mol. The van der Waals surface area contributed by atoms with Crippen molar-refractivity contribution in [1.82, 2.24) is 0 Å². The van der Waals surface area contributed by atoms with E-state index in [9.17, 15) is 31.5 Å². The van der Waals surface area contributed by atoms with Crippen LogP contribution < -0.4 is 0 Å². The van der Waals surface area contributed by atoms with Gasteiger partial charge in [0.05, 0.1) is 80.9 Å². The Bertz CT molecular complexity index is 10900. The number of hydrogen-bond donors (Lipinski definition) is 0. The highest BCUT2D eigenvalue weighted by atomic mass is 16.3. The van der Waals surface area contributed by atoms with Crippen LogP contribution in [0.3, 0.4) is 0 Å². The number of furan rings is 2. The summed E-state index contributed by atoms with van der Waals surface area (Å²) in [5, 5.41) is -15.6. The fourth-order valence-corrected chi connectivity index (χ4v) is 13.0. The van der Waals surface area contributed by atoms with Crippen LogP contribution in [-0.4, -0.2) is 0 Å². The minimum absolute atomic E-state index is 0.393. The maximum atomic E-state index is 9.90. The Labute approximate surface area is 670 Å². The molecule has 22 rings (SSSR count). The minimum Gasteiger partial charge on any atom is -0.456 e. The van der Waals surface area contributed by atoms with Crippen molar-refractivity contribution in [2.24, 2.45) is 0 Å². The molecule has 0 unspecified atom stereocenters. The third kappa shape index (κ3) is 9.00. The molecule has 2 nitrogen and oxygen atoms in total. The molecule has 2 aromatic heterocycles. The lowest BCUT2D eigenvalue weighted by Crippen LogP contribution is -1.94. The van der Waals surface area contributed by atoms with Crippen molar-refractivity contribution in [3.63, 3.8) is 0 Å². The molecule has 102 heavy (non-hydrogen) atoms. The lowest BCUT2D eigenvalue weighted by atomic mass is 9.81. The van der Waals surface area contributed by atoms with Crippen molar-refractivity contribution in [1.29, 1.82) is 0 Å². The van der Waals surface area contributed by atoms with Crippen molar-refractivity contribution in [3.05, 3.63) is 363 Å². The first-order valence-corrected chi connectivity index (χ1v) is 30.4. The summed E-state index contributed by atoms with van der Waals surface area (Å²) in [6.45, 7) is 0. The Kier molecular flexibility index (Phi) is 5.48. The molecular formula is C100H60O2. The molecule has 0 atom stereocenters. The van der Waals surface area contributed by atoms with Crippen LogP contribution in [0.15, 0.2) is 371 Å². The maximum Gasteiger partial charge on any atom is 0.136 e. The quantitative estimate of drug-likeness (QED) is 0.155. The molecule has 2 heterocycles. The van der Waals surface area contributed by atoms with Crippen LogP contribution in [0.2, 0.25) is 0 Å². The van der Waals surface area contributed by atoms with Crippen molar-refractivity contribution in [3.8, 4) is 66.8 Å². The highest BCUT2D eigenvalue weighted by molar-refractivity contribution is 6.29. The Hall–Kier alpha value is -13.4. The van der Waals surface area contributed by atoms with Gasteiger partial charge in [-0.3, -0.25) is 0 Å². The molecule has 0 saturated carbocycles. The summed E-state index contributed by atoms with van der Waals surface area (Å²) in [4.78, 5) is 0. The molecule has 0 bridgehead atoms. The van der Waals surface area contributed by atoms with Crippen LogP contribution >= 0.6 is 0 Å². The number of rotatable bonds is 6. The third-order valence-corrected chi connectivity index (χ3v) is 17.3. The second kappa shape index (κ2) is 23.1. The summed E-state index contributed by atoms with van der Waals surface area (Å²) in [5.41, 5.74) is -12.5. The molecule has 0 spiro atoms. The van der Waals surface area contributed by atoms with E-state index < -0.39 is 575 Å². The summed E-state index contributed by atoms with van der Waals surface area (Å²) < 4.78 is 552. The zero-order valence-electron chi connectivity index (χ0n) is 110. The van der Waals surface area contributed by atoms with Gasteiger partial charge in [-0.25, -0.2) is 0 Å². The Morgan fingerprint density at radius 3 is 1.01 bits per heavy atom. The molecule has 472 valence electrons. The van der Waals surface area contributed by atoms with E-state index in [-0.39, 0.29) is 0 Å². The Balaban J connectivity index is 0.000000185. The van der Waals surface area contributed by atoms with Crippen LogP contribution in [0.25, 0.3) is 218 Å². The minimum atomic E-state index is -1.12. The van der Waals surface area contributed by atoms with Crippen molar-refractivity contribution < 1.29 is 89.7 Å². The van der Waals surface area contributed by atoms with E-state index in [1.807, 2.05) is 0 Å². The van der Waals surface area contributed by atoms with E-state index in [1.165, 1.54) is 0 Å². The zero-order chi connectivity index (χ0) is 118. The maximum absolute atomic E-state index is 9.90. The van der Waals surface area contributed by atoms with Crippen LogP contribution in [0.4, 0.5) is 0 Å². The molecule has 0 radical (unpaired) electrons. The van der Waals surface area contributed by atoms with Gasteiger partial charge in [0, 0.05) is 21.5 Å². The second-order valence-corrected chi connectivity index (χ2v) is 22.6. The van der Waals surface area contributed by atoms with E-state index in [0.29, 0.717) is 0 Å². The largest absolute Gasteiger partial charge is 0.456 e. The first-order chi connectivity index (χ1) is 75.2. The third-order valence-electron chi connectivity index (χ3n) is 17.3. The standard InChI is InChI=1S/2C50H30O/c1-4-16-35-31(12-1)15-11-23-39(35)47-40-19-7-9-21-42(40)50(43-22-10-8-20-41(43)47)49-37-18-6-3-13-32(37)24-27-38(49)34-25-28-44-46(30-34)51-45-29-26-33-14-2-5-17-36(33)48(44)45;1-2-14-34-29-36(22-21-31(34)11-1)47-40-17-7-9-19-42(40)50(43-20-10-8-18-41(43)47)49-38-16-6-4-12-32(38)23-26-39(49)35-24-27-44-46(30-35)51-45-28-25-33-13-3-5-15-37(33)48(44)45/h2*1-30H/i1D,2D,3D,4D,5D,6D,7D,9D,10D,11D,12D,13D,14D,15D,16D,17D,18D,19D,20D,21D,22D,23D,24D,25D,26D,27D,28D,29D,30D;1D,2D,3D,4D,5D,6D,7D,8D,9D,10D,11D,12D,13D,14D,15D,16D,17D,18D,19D,20D,21D,22D,23D,24D,25D,26D,27D,28D,29D,30D. The van der Waals surface area contributed by atoms with E-state index in [1.54, 1.807) is 0 Å². The fourth-order valence-electron chi connectivity index (χ4n) is 13.0. The SMILES string of the molecule is [2H]c1c([2H])c([2H])c2c([2H])c(-c3c4c([2H])c([2H])c([2H])c([2H])c4c(-c4c(-c5c([2H])c([2H])c6c(oc7c([2H])c([2H])c8c([2H])c([2H])c([2H])c([2H])c8c76)c5[2H])c([2H])c([2H])c5c([2H])c([2H])c([2H])c([2H])c45)c4c([2H])c([2H])c([2H])c([2H])c34)c([2H])c([2H])c2c1[2H].[2H]c1cc([2H])c2c(-c3c([2H])c([2H])c([2H])c4c([2H])c([2H])c([2H])c([2H])c34)c3c([2H])c([2H])c([2H])c([2H])c3c(-c3c(-c4c([2H])c([2H])c5c(oc6c([2H])c([2H])c7c([2H])c([2H])c([2H])c([2H])c7c65)c4[2H])c([2H])c([2H])c4c([2H])c([2H])c([2H])c([2H])c34)c2c1[2H]. The van der Waals surface area contributed by atoms with Gasteiger partial charge in [0.1, 0.15) is 22.3 Å². The Morgan fingerprint density at radius 1 is 0.167 bits per heavy atom. The summed E-state index contributed by atoms with van der Waals surface area (Å²) in [5.74, 6) is 0. The fraction of sp³-hybridized carbons (Fsp3) is 0. The number of benzene rings is 20. The molecule has 2 heteroatoms. The van der Waals surface area contributed by atoms with Crippen molar-refractivity contribution in [2.45, 2.75) is 0 Å². The van der Waals surface area contributed by atoms with Gasteiger partial charge in [0.25, 0.3) is 0 Å². The van der Waals surface area contributed by atoms with Crippen LogP contribution in [-0.2, 0) is 0 Å². The second-order valence-electron chi connectivity index (χ2n) is 22.6. The van der Waals surface area contributed by atoms with Crippen molar-refractivity contribution in [2.75, 3.05) is 0 Å². The highest BCUT2D eigenvalue weighted by Crippen LogP contribution is 2.53. The molecule has 0 aliphatic heterocycles. The normalized spacial score (nSPS) is 20.0. The van der Waals surface area contributed by atoms with Crippen molar-refractivity contribution >= 4 is 152 Å². The van der Waals surface area contributed by atoms with Gasteiger partial charge in [-0.2, -0.15) is 0 Å². The molecule has 22 aromatic rings. The summed E-state index contributed by atoms with van der Waals surface area (Å²) in [6.07, 6.45) is 0. The Morgan fingerprint density at radius 2 is 0.510 bits per heavy atom. The first kappa shape index (κ1) is 24.2. The smallest absolute Gasteiger partial charge is 0.136 e. The lowest BCUT2D eigenvalue weighted by Gasteiger charge is -2.21. The van der Waals surface area contributed by atoms with E-state index in [0.717, 1.165) is 6.07 Å². The van der Waals surface area contributed by atoms with Gasteiger partial charge in [-0.05, 0) is 217 Å². The van der Waals surface area contributed by atoms with Crippen LogP contribution in [0.1, 0.15) is 80.9 Å². The zero-order valence-corrected chi connectivity index (χ0v) is 50.9. The lowest BCUT2D eigenvalue weighted by molar-refractivity contribution is 0.669. The first-order valence-electron chi connectivity index (χ1n) is 59.9. The highest BCUT2D eigenvalue weighted by Gasteiger charge is 2.25. The topological polar surface area (TPSA) is 26.3 Å². The number of hydrogen-bond acceptors (Lipinski definition) is 2. The van der Waals surface area contributed by atoms with E-state index >= 15 is 0 Å². The van der Waals surface area contributed by atoms with E-state index in [4.69, 9.17) is 58.2 Å². The van der Waals surface area contributed by atoms with Crippen LogP contribution in [0, 0.1) is 0 Å². The van der Waals surface area contributed by atoms with Gasteiger partial charge in [-0.1, -0.05) is 320 Å². The monoisotopic (exact) mass is 1350 g/mol. The molecule has 0 aliphatic carbocycles. The number of fused-ring (bicyclic) bond motifs is 18. The average molecular weight is 1350 g/mol.